The summed E-state index contributed by atoms with van der Waals surface area (Å²) in [6.07, 6.45) is 1.81. The molecule has 0 N–H and O–H groups in total. The molecular formula is C22H22ClN3O3S. The van der Waals surface area contributed by atoms with E-state index < -0.39 is 10.0 Å². The average molecular weight is 444 g/mol. The lowest BCUT2D eigenvalue weighted by Crippen LogP contribution is -2.37. The van der Waals surface area contributed by atoms with Crippen LogP contribution < -0.4 is 0 Å². The Kier molecular flexibility index (Phi) is 5.77. The van der Waals surface area contributed by atoms with Crippen LogP contribution in [0.4, 0.5) is 0 Å². The van der Waals surface area contributed by atoms with Gasteiger partial charge in [-0.1, -0.05) is 41.9 Å². The first-order valence-electron chi connectivity index (χ1n) is 9.73. The zero-order chi connectivity index (χ0) is 21.3. The summed E-state index contributed by atoms with van der Waals surface area (Å²) in [6, 6.07) is 16.7. The fourth-order valence-corrected chi connectivity index (χ4v) is 4.72. The first kappa shape index (κ1) is 20.8. The summed E-state index contributed by atoms with van der Waals surface area (Å²) in [7, 11) is -3.27. The van der Waals surface area contributed by atoms with Gasteiger partial charge < -0.3 is 4.90 Å². The number of aromatic nitrogens is 1. The number of carbonyl (C=O) groups is 1. The van der Waals surface area contributed by atoms with Gasteiger partial charge in [-0.3, -0.25) is 4.79 Å². The normalized spacial score (nSPS) is 15.9. The van der Waals surface area contributed by atoms with Gasteiger partial charge in [0.25, 0.3) is 5.91 Å². The van der Waals surface area contributed by atoms with Crippen LogP contribution in [0.5, 0.6) is 0 Å². The monoisotopic (exact) mass is 443 g/mol. The Morgan fingerprint density at radius 3 is 2.47 bits per heavy atom. The fraction of sp³-hybridized carbons (Fsp3) is 0.273. The van der Waals surface area contributed by atoms with Crippen molar-refractivity contribution in [2.45, 2.75) is 6.42 Å². The molecule has 2 aromatic carbocycles. The Balaban J connectivity index is 1.72. The van der Waals surface area contributed by atoms with Crippen LogP contribution in [0.2, 0.25) is 5.02 Å². The Morgan fingerprint density at radius 2 is 1.73 bits per heavy atom. The predicted molar refractivity (Wildman–Crippen MR) is 119 cm³/mol. The number of halogens is 1. The molecule has 0 spiro atoms. The van der Waals surface area contributed by atoms with E-state index in [4.69, 9.17) is 16.6 Å². The highest BCUT2D eigenvalue weighted by atomic mass is 35.5. The molecule has 8 heteroatoms. The first-order chi connectivity index (χ1) is 14.3. The van der Waals surface area contributed by atoms with Crippen LogP contribution in [0.25, 0.3) is 22.2 Å². The average Bonchev–Trinajstić information content (AvgIpc) is 2.99. The van der Waals surface area contributed by atoms with Crippen LogP contribution >= 0.6 is 11.6 Å². The second-order valence-corrected chi connectivity index (χ2v) is 9.81. The minimum Gasteiger partial charge on any atom is -0.337 e. The summed E-state index contributed by atoms with van der Waals surface area (Å²) in [5.74, 6) is -0.112. The van der Waals surface area contributed by atoms with Gasteiger partial charge in [0.05, 0.1) is 23.0 Å². The summed E-state index contributed by atoms with van der Waals surface area (Å²) in [5, 5.41) is 1.42. The molecule has 4 rings (SSSR count). The summed E-state index contributed by atoms with van der Waals surface area (Å²) in [6.45, 7) is 1.60. The van der Waals surface area contributed by atoms with Gasteiger partial charge in [0.2, 0.25) is 10.0 Å². The third kappa shape index (κ3) is 4.33. The van der Waals surface area contributed by atoms with Crippen LogP contribution in [0.1, 0.15) is 16.8 Å². The number of fused-ring (bicyclic) bond motifs is 1. The molecule has 1 fully saturated rings. The Labute approximate surface area is 181 Å². The molecule has 1 amide bonds. The lowest BCUT2D eigenvalue weighted by molar-refractivity contribution is 0.0766. The van der Waals surface area contributed by atoms with Crippen molar-refractivity contribution in [3.05, 3.63) is 65.2 Å². The van der Waals surface area contributed by atoms with Gasteiger partial charge in [-0.2, -0.15) is 0 Å². The molecule has 1 aromatic heterocycles. The van der Waals surface area contributed by atoms with E-state index in [1.165, 1.54) is 10.6 Å². The van der Waals surface area contributed by atoms with E-state index in [9.17, 15) is 13.2 Å². The van der Waals surface area contributed by atoms with Crippen LogP contribution in [0, 0.1) is 0 Å². The number of para-hydroxylation sites is 1. The van der Waals surface area contributed by atoms with Crippen molar-refractivity contribution in [2.24, 2.45) is 0 Å². The molecule has 1 saturated heterocycles. The smallest absolute Gasteiger partial charge is 0.254 e. The van der Waals surface area contributed by atoms with Gasteiger partial charge in [-0.05, 0) is 30.7 Å². The molecular weight excluding hydrogens is 422 g/mol. The lowest BCUT2D eigenvalue weighted by atomic mass is 10.0. The predicted octanol–water partition coefficient (Wildman–Crippen LogP) is 3.66. The minimum atomic E-state index is -3.27. The van der Waals surface area contributed by atoms with Gasteiger partial charge in [0.15, 0.2) is 0 Å². The molecule has 0 aliphatic carbocycles. The van der Waals surface area contributed by atoms with Gasteiger partial charge in [0, 0.05) is 42.2 Å². The molecule has 30 heavy (non-hydrogen) atoms. The highest BCUT2D eigenvalue weighted by Gasteiger charge is 2.26. The van der Waals surface area contributed by atoms with E-state index in [1.54, 1.807) is 17.0 Å². The van der Waals surface area contributed by atoms with Crippen molar-refractivity contribution < 1.29 is 13.2 Å². The summed E-state index contributed by atoms with van der Waals surface area (Å²) in [5.41, 5.74) is 2.87. The molecule has 156 valence electrons. The molecule has 0 saturated carbocycles. The SMILES string of the molecule is CS(=O)(=O)N1CCCN(C(=O)c2cc(-c3ccc(Cl)cc3)nc3ccccc23)CC1. The van der Waals surface area contributed by atoms with Gasteiger partial charge in [-0.25, -0.2) is 17.7 Å². The Morgan fingerprint density at radius 1 is 1.00 bits per heavy atom. The van der Waals surface area contributed by atoms with Crippen molar-refractivity contribution in [2.75, 3.05) is 32.4 Å². The third-order valence-corrected chi connectivity index (χ3v) is 6.85. The van der Waals surface area contributed by atoms with E-state index in [0.29, 0.717) is 48.9 Å². The van der Waals surface area contributed by atoms with Crippen LogP contribution in [-0.2, 0) is 10.0 Å². The largest absolute Gasteiger partial charge is 0.337 e. The number of amides is 1. The van der Waals surface area contributed by atoms with Crippen LogP contribution in [0.3, 0.4) is 0 Å². The zero-order valence-corrected chi connectivity index (χ0v) is 18.2. The summed E-state index contributed by atoms with van der Waals surface area (Å²) >= 11 is 6.01. The molecule has 0 atom stereocenters. The molecule has 2 heterocycles. The molecule has 0 unspecified atom stereocenters. The molecule has 6 nitrogen and oxygen atoms in total. The van der Waals surface area contributed by atoms with Gasteiger partial charge >= 0.3 is 0 Å². The highest BCUT2D eigenvalue weighted by molar-refractivity contribution is 7.88. The van der Waals surface area contributed by atoms with E-state index in [-0.39, 0.29) is 5.91 Å². The van der Waals surface area contributed by atoms with Crippen molar-refractivity contribution in [3.8, 4) is 11.3 Å². The molecule has 1 aliphatic heterocycles. The van der Waals surface area contributed by atoms with E-state index in [2.05, 4.69) is 0 Å². The standard InChI is InChI=1S/C22H22ClN3O3S/c1-30(28,29)26-12-4-11-25(13-14-26)22(27)19-15-21(16-7-9-17(23)10-8-16)24-20-6-3-2-5-18(19)20/h2-3,5-10,15H,4,11-14H2,1H3. The Bertz CT molecular complexity index is 1200. The molecule has 0 bridgehead atoms. The maximum absolute atomic E-state index is 13.5. The zero-order valence-electron chi connectivity index (χ0n) is 16.6. The number of pyridine rings is 1. The third-order valence-electron chi connectivity index (χ3n) is 5.30. The molecule has 0 radical (unpaired) electrons. The number of carbonyl (C=O) groups excluding carboxylic acids is 1. The Hall–Kier alpha value is -2.48. The molecule has 1 aliphatic rings. The van der Waals surface area contributed by atoms with E-state index in [1.807, 2.05) is 42.5 Å². The van der Waals surface area contributed by atoms with E-state index >= 15 is 0 Å². The molecule has 3 aromatic rings. The van der Waals surface area contributed by atoms with E-state index in [0.717, 1.165) is 16.5 Å². The van der Waals surface area contributed by atoms with Crippen molar-refractivity contribution in [3.63, 3.8) is 0 Å². The van der Waals surface area contributed by atoms with Crippen LogP contribution in [0.15, 0.2) is 54.6 Å². The number of benzene rings is 2. The number of hydrogen-bond donors (Lipinski definition) is 0. The number of rotatable bonds is 3. The van der Waals surface area contributed by atoms with Crippen molar-refractivity contribution in [1.82, 2.24) is 14.2 Å². The number of sulfonamides is 1. The maximum Gasteiger partial charge on any atom is 0.254 e. The topological polar surface area (TPSA) is 70.6 Å². The number of nitrogens with zero attached hydrogens (tertiary/aromatic N) is 3. The highest BCUT2D eigenvalue weighted by Crippen LogP contribution is 2.27. The fourth-order valence-electron chi connectivity index (χ4n) is 3.72. The summed E-state index contributed by atoms with van der Waals surface area (Å²) < 4.78 is 25.2. The van der Waals surface area contributed by atoms with Crippen molar-refractivity contribution in [1.29, 1.82) is 0 Å². The first-order valence-corrected chi connectivity index (χ1v) is 12.0. The van der Waals surface area contributed by atoms with Gasteiger partial charge in [-0.15, -0.1) is 0 Å². The van der Waals surface area contributed by atoms with Gasteiger partial charge in [0.1, 0.15) is 0 Å². The maximum atomic E-state index is 13.5. The lowest BCUT2D eigenvalue weighted by Gasteiger charge is -2.22. The van der Waals surface area contributed by atoms with Crippen LogP contribution in [-0.4, -0.2) is 60.9 Å². The second kappa shape index (κ2) is 8.34. The van der Waals surface area contributed by atoms with Crippen molar-refractivity contribution >= 4 is 38.4 Å². The summed E-state index contributed by atoms with van der Waals surface area (Å²) in [4.78, 5) is 19.9. The quantitative estimate of drug-likeness (QED) is 0.619. The number of hydrogen-bond acceptors (Lipinski definition) is 4. The minimum absolute atomic E-state index is 0.112. The second-order valence-electron chi connectivity index (χ2n) is 7.39.